The lowest BCUT2D eigenvalue weighted by Gasteiger charge is -2.19. The fraction of sp³-hybridized carbons (Fsp3) is 0.632. The molecule has 1 N–H and O–H groups in total. The molecule has 1 amide bonds. The SMILES string of the molecule is CCN(CC)CCOc1ccccc1NC(=O)CC1CCCC1. The van der Waals surface area contributed by atoms with Crippen LogP contribution in [0.2, 0.25) is 0 Å². The van der Waals surface area contributed by atoms with E-state index in [1.165, 1.54) is 25.7 Å². The molecule has 1 saturated carbocycles. The van der Waals surface area contributed by atoms with Crippen molar-refractivity contribution in [3.8, 4) is 5.75 Å². The number of carbonyl (C=O) groups excluding carboxylic acids is 1. The molecule has 1 aliphatic carbocycles. The summed E-state index contributed by atoms with van der Waals surface area (Å²) in [7, 11) is 0. The highest BCUT2D eigenvalue weighted by Gasteiger charge is 2.19. The third kappa shape index (κ3) is 5.87. The number of anilines is 1. The number of nitrogens with zero attached hydrogens (tertiary/aromatic N) is 1. The van der Waals surface area contributed by atoms with Crippen LogP contribution in [0.1, 0.15) is 46.0 Å². The molecule has 0 radical (unpaired) electrons. The second-order valence-corrected chi connectivity index (χ2v) is 6.27. The zero-order chi connectivity index (χ0) is 16.5. The zero-order valence-electron chi connectivity index (χ0n) is 14.5. The summed E-state index contributed by atoms with van der Waals surface area (Å²) in [4.78, 5) is 14.5. The Bertz CT molecular complexity index is 480. The van der Waals surface area contributed by atoms with Gasteiger partial charge in [-0.25, -0.2) is 0 Å². The average Bonchev–Trinajstić information content (AvgIpc) is 3.06. The Morgan fingerprint density at radius 1 is 1.22 bits per heavy atom. The second kappa shape index (κ2) is 9.56. The lowest BCUT2D eigenvalue weighted by molar-refractivity contribution is -0.117. The minimum atomic E-state index is 0.108. The van der Waals surface area contributed by atoms with E-state index in [9.17, 15) is 4.79 Å². The van der Waals surface area contributed by atoms with Crippen LogP contribution in [0.3, 0.4) is 0 Å². The molecular weight excluding hydrogens is 288 g/mol. The molecule has 0 heterocycles. The summed E-state index contributed by atoms with van der Waals surface area (Å²) in [5.74, 6) is 1.43. The number of ether oxygens (including phenoxy) is 1. The molecule has 2 rings (SSSR count). The minimum absolute atomic E-state index is 0.108. The standard InChI is InChI=1S/C19H30N2O2/c1-3-21(4-2)13-14-23-18-12-8-7-11-17(18)20-19(22)15-16-9-5-6-10-16/h7-8,11-12,16H,3-6,9-10,13-15H2,1-2H3,(H,20,22). The van der Waals surface area contributed by atoms with Crippen molar-refractivity contribution in [3.05, 3.63) is 24.3 Å². The van der Waals surface area contributed by atoms with Gasteiger partial charge in [-0.3, -0.25) is 4.79 Å². The normalized spacial score (nSPS) is 15.1. The lowest BCUT2D eigenvalue weighted by atomic mass is 10.0. The van der Waals surface area contributed by atoms with Crippen LogP contribution >= 0.6 is 0 Å². The van der Waals surface area contributed by atoms with Crippen molar-refractivity contribution in [3.63, 3.8) is 0 Å². The minimum Gasteiger partial charge on any atom is -0.490 e. The van der Waals surface area contributed by atoms with Crippen LogP contribution in [0.4, 0.5) is 5.69 Å². The summed E-state index contributed by atoms with van der Waals surface area (Å²) < 4.78 is 5.89. The fourth-order valence-corrected chi connectivity index (χ4v) is 3.20. The van der Waals surface area contributed by atoms with Gasteiger partial charge in [0.1, 0.15) is 12.4 Å². The number of hydrogen-bond donors (Lipinski definition) is 1. The van der Waals surface area contributed by atoms with E-state index in [0.717, 1.165) is 31.1 Å². The maximum absolute atomic E-state index is 12.2. The van der Waals surface area contributed by atoms with E-state index in [4.69, 9.17) is 4.74 Å². The molecule has 1 fully saturated rings. The van der Waals surface area contributed by atoms with E-state index in [0.29, 0.717) is 18.9 Å². The number of carbonyl (C=O) groups is 1. The number of rotatable bonds is 9. The van der Waals surface area contributed by atoms with E-state index < -0.39 is 0 Å². The molecule has 4 heteroatoms. The van der Waals surface area contributed by atoms with Gasteiger partial charge >= 0.3 is 0 Å². The molecule has 0 unspecified atom stereocenters. The Labute approximate surface area is 140 Å². The summed E-state index contributed by atoms with van der Waals surface area (Å²) in [5, 5.41) is 3.03. The van der Waals surface area contributed by atoms with Gasteiger partial charge in [-0.15, -0.1) is 0 Å². The molecule has 128 valence electrons. The number of amides is 1. The highest BCUT2D eigenvalue weighted by atomic mass is 16.5. The third-order valence-corrected chi connectivity index (χ3v) is 4.67. The van der Waals surface area contributed by atoms with Gasteiger partial charge in [0.05, 0.1) is 5.69 Å². The predicted octanol–water partition coefficient (Wildman–Crippen LogP) is 3.93. The van der Waals surface area contributed by atoms with Crippen molar-refractivity contribution < 1.29 is 9.53 Å². The first-order chi connectivity index (χ1) is 11.2. The lowest BCUT2D eigenvalue weighted by Crippen LogP contribution is -2.28. The van der Waals surface area contributed by atoms with Gasteiger partial charge in [-0.1, -0.05) is 38.8 Å². The molecule has 1 aromatic rings. The van der Waals surface area contributed by atoms with Crippen LogP contribution in [0.15, 0.2) is 24.3 Å². The van der Waals surface area contributed by atoms with Crippen LogP contribution in [0.5, 0.6) is 5.75 Å². The maximum Gasteiger partial charge on any atom is 0.224 e. The Kier molecular flexibility index (Phi) is 7.40. The first-order valence-electron chi connectivity index (χ1n) is 8.97. The van der Waals surface area contributed by atoms with Crippen LogP contribution in [0.25, 0.3) is 0 Å². The Morgan fingerprint density at radius 3 is 2.61 bits per heavy atom. The van der Waals surface area contributed by atoms with Gasteiger partial charge in [0.25, 0.3) is 0 Å². The molecule has 1 aliphatic rings. The van der Waals surface area contributed by atoms with Crippen LogP contribution in [-0.2, 0) is 4.79 Å². The Hall–Kier alpha value is -1.55. The van der Waals surface area contributed by atoms with E-state index >= 15 is 0 Å². The van der Waals surface area contributed by atoms with Crippen LogP contribution < -0.4 is 10.1 Å². The van der Waals surface area contributed by atoms with Gasteiger partial charge in [-0.2, -0.15) is 0 Å². The monoisotopic (exact) mass is 318 g/mol. The Morgan fingerprint density at radius 2 is 1.91 bits per heavy atom. The predicted molar refractivity (Wildman–Crippen MR) is 94.9 cm³/mol. The van der Waals surface area contributed by atoms with E-state index in [1.54, 1.807) is 0 Å². The van der Waals surface area contributed by atoms with Gasteiger partial charge in [0.2, 0.25) is 5.91 Å². The number of benzene rings is 1. The summed E-state index contributed by atoms with van der Waals surface area (Å²) >= 11 is 0. The molecule has 0 aliphatic heterocycles. The van der Waals surface area contributed by atoms with Gasteiger partial charge in [-0.05, 0) is 44.0 Å². The van der Waals surface area contributed by atoms with E-state index in [2.05, 4.69) is 24.1 Å². The van der Waals surface area contributed by atoms with E-state index in [-0.39, 0.29) is 5.91 Å². The second-order valence-electron chi connectivity index (χ2n) is 6.27. The zero-order valence-corrected chi connectivity index (χ0v) is 14.5. The highest BCUT2D eigenvalue weighted by molar-refractivity contribution is 5.92. The van der Waals surface area contributed by atoms with Gasteiger partial charge in [0.15, 0.2) is 0 Å². The first kappa shape index (κ1) is 17.8. The fourth-order valence-electron chi connectivity index (χ4n) is 3.20. The molecular formula is C19H30N2O2. The van der Waals surface area contributed by atoms with Crippen LogP contribution in [0, 0.1) is 5.92 Å². The number of hydrogen-bond acceptors (Lipinski definition) is 3. The molecule has 1 aromatic carbocycles. The average molecular weight is 318 g/mol. The van der Waals surface area contributed by atoms with Gasteiger partial charge in [0, 0.05) is 13.0 Å². The maximum atomic E-state index is 12.2. The molecule has 4 nitrogen and oxygen atoms in total. The van der Waals surface area contributed by atoms with E-state index in [1.807, 2.05) is 24.3 Å². The molecule has 0 saturated heterocycles. The van der Waals surface area contributed by atoms with Crippen molar-refractivity contribution in [2.75, 3.05) is 31.6 Å². The summed E-state index contributed by atoms with van der Waals surface area (Å²) in [5.41, 5.74) is 0.787. The number of nitrogens with one attached hydrogen (secondary N) is 1. The van der Waals surface area contributed by atoms with Crippen molar-refractivity contribution in [2.45, 2.75) is 46.0 Å². The Balaban J connectivity index is 1.85. The summed E-state index contributed by atoms with van der Waals surface area (Å²) in [6.45, 7) is 7.90. The summed E-state index contributed by atoms with van der Waals surface area (Å²) in [6.07, 6.45) is 5.55. The number of likely N-dealkylation sites (N-methyl/N-ethyl adjacent to an activating group) is 1. The molecule has 0 atom stereocenters. The summed E-state index contributed by atoms with van der Waals surface area (Å²) in [6, 6.07) is 7.72. The third-order valence-electron chi connectivity index (χ3n) is 4.67. The number of para-hydroxylation sites is 2. The highest BCUT2D eigenvalue weighted by Crippen LogP contribution is 2.29. The molecule has 0 aromatic heterocycles. The van der Waals surface area contributed by atoms with Gasteiger partial charge < -0.3 is 15.0 Å². The van der Waals surface area contributed by atoms with Crippen molar-refractivity contribution in [1.82, 2.24) is 4.90 Å². The quantitative estimate of drug-likeness (QED) is 0.750. The first-order valence-corrected chi connectivity index (χ1v) is 8.97. The largest absolute Gasteiger partial charge is 0.490 e. The molecule has 0 spiro atoms. The van der Waals surface area contributed by atoms with Crippen molar-refractivity contribution >= 4 is 11.6 Å². The van der Waals surface area contributed by atoms with Crippen molar-refractivity contribution in [2.24, 2.45) is 5.92 Å². The topological polar surface area (TPSA) is 41.6 Å². The van der Waals surface area contributed by atoms with Crippen molar-refractivity contribution in [1.29, 1.82) is 0 Å². The van der Waals surface area contributed by atoms with Crippen LogP contribution in [-0.4, -0.2) is 37.0 Å². The molecule has 23 heavy (non-hydrogen) atoms. The molecule has 0 bridgehead atoms. The smallest absolute Gasteiger partial charge is 0.224 e.